The Balaban J connectivity index is 1.69. The molecule has 2 amide bonds. The van der Waals surface area contributed by atoms with Crippen LogP contribution in [0.2, 0.25) is 0 Å². The first-order chi connectivity index (χ1) is 17.7. The highest BCUT2D eigenvalue weighted by Gasteiger charge is 2.34. The minimum atomic E-state index is -1.10. The second kappa shape index (κ2) is 11.1. The molecule has 0 bridgehead atoms. The van der Waals surface area contributed by atoms with Gasteiger partial charge >= 0.3 is 0 Å². The number of halogens is 1. The maximum atomic E-state index is 13.7. The first-order valence-electron chi connectivity index (χ1n) is 11.7. The smallest absolute Gasteiger partial charge is 0.281 e. The molecule has 2 aromatic carbocycles. The number of rotatable bonds is 9. The van der Waals surface area contributed by atoms with E-state index in [9.17, 15) is 19.1 Å². The molecule has 0 saturated heterocycles. The molecular weight excluding hydrogens is 475 g/mol. The van der Waals surface area contributed by atoms with Gasteiger partial charge in [0.1, 0.15) is 18.1 Å². The van der Waals surface area contributed by atoms with Crippen molar-refractivity contribution in [3.63, 3.8) is 0 Å². The van der Waals surface area contributed by atoms with E-state index >= 15 is 0 Å². The topological polar surface area (TPSA) is 109 Å². The highest BCUT2D eigenvalue weighted by molar-refractivity contribution is 6.09. The number of nitrogens with one attached hydrogen (secondary N) is 1. The molecule has 0 spiro atoms. The van der Waals surface area contributed by atoms with E-state index in [0.717, 1.165) is 12.0 Å². The second-order valence-corrected chi connectivity index (χ2v) is 9.01. The summed E-state index contributed by atoms with van der Waals surface area (Å²) in [5.74, 6) is -1.36. The zero-order chi connectivity index (χ0) is 26.4. The summed E-state index contributed by atoms with van der Waals surface area (Å²) in [7, 11) is 0. The van der Waals surface area contributed by atoms with Crippen LogP contribution in [0.3, 0.4) is 0 Å². The molecule has 2 aromatic heterocycles. The van der Waals surface area contributed by atoms with Crippen molar-refractivity contribution in [2.45, 2.75) is 31.9 Å². The Morgan fingerprint density at radius 1 is 1.14 bits per heavy atom. The van der Waals surface area contributed by atoms with Crippen molar-refractivity contribution in [2.75, 3.05) is 11.4 Å². The number of benzene rings is 2. The fourth-order valence-corrected chi connectivity index (χ4v) is 3.93. The van der Waals surface area contributed by atoms with E-state index in [2.05, 4.69) is 15.3 Å². The number of hydrogen-bond acceptors (Lipinski definition) is 6. The minimum Gasteiger partial charge on any atom is -0.451 e. The Morgan fingerprint density at radius 3 is 2.54 bits per heavy atom. The summed E-state index contributed by atoms with van der Waals surface area (Å²) >= 11 is 0. The number of carbonyl (C=O) groups excluding carboxylic acids is 2. The molecule has 2 N–H and O–H groups in total. The molecule has 0 aliphatic carbocycles. The highest BCUT2D eigenvalue weighted by atomic mass is 19.1. The van der Waals surface area contributed by atoms with Gasteiger partial charge in [-0.05, 0) is 61.7 Å². The lowest BCUT2D eigenvalue weighted by molar-refractivity contribution is -0.122. The van der Waals surface area contributed by atoms with E-state index in [1.807, 2.05) is 0 Å². The number of hydrogen-bond donors (Lipinski definition) is 2. The van der Waals surface area contributed by atoms with Gasteiger partial charge in [-0.15, -0.1) is 0 Å². The number of nitrogens with zero attached hydrogens (tertiary/aromatic N) is 3. The van der Waals surface area contributed by atoms with Gasteiger partial charge in [0, 0.05) is 30.2 Å². The van der Waals surface area contributed by atoms with E-state index in [0.29, 0.717) is 23.2 Å². The van der Waals surface area contributed by atoms with Crippen LogP contribution >= 0.6 is 0 Å². The molecule has 1 unspecified atom stereocenters. The van der Waals surface area contributed by atoms with E-state index in [4.69, 9.17) is 4.42 Å². The molecule has 0 fully saturated rings. The number of aliphatic hydroxyl groups is 1. The van der Waals surface area contributed by atoms with Crippen LogP contribution in [0.1, 0.15) is 47.1 Å². The summed E-state index contributed by atoms with van der Waals surface area (Å²) in [5, 5.41) is 13.2. The SMILES string of the molecule is CC(C)(O)c1ccc(N(C(=O)c2cocn2)C(C(=O)NCCc2cccc(F)c2)c2cccnc2)cc1. The Morgan fingerprint density at radius 2 is 1.92 bits per heavy atom. The standard InChI is InChI=1S/C28H27FN4O4/c1-28(2,36)21-8-10-23(11-9-21)33(27(35)24-17-37-18-32-24)25(20-6-4-13-30-16-20)26(34)31-14-12-19-5-3-7-22(29)15-19/h3-11,13,15-18,25,36H,12,14H2,1-2H3,(H,31,34). The molecule has 4 rings (SSSR count). The third-order valence-corrected chi connectivity index (χ3v) is 5.83. The molecule has 2 heterocycles. The molecular formula is C28H27FN4O4. The summed E-state index contributed by atoms with van der Waals surface area (Å²) in [6.07, 6.45) is 5.85. The van der Waals surface area contributed by atoms with E-state index in [1.165, 1.54) is 29.5 Å². The van der Waals surface area contributed by atoms with Crippen LogP contribution in [0.5, 0.6) is 0 Å². The van der Waals surface area contributed by atoms with Crippen LogP contribution in [0.4, 0.5) is 10.1 Å². The first-order valence-corrected chi connectivity index (χ1v) is 11.7. The molecule has 0 saturated carbocycles. The monoisotopic (exact) mass is 502 g/mol. The Kier molecular flexibility index (Phi) is 7.74. The Bertz CT molecular complexity index is 1340. The van der Waals surface area contributed by atoms with Gasteiger partial charge in [-0.25, -0.2) is 9.37 Å². The summed E-state index contributed by atoms with van der Waals surface area (Å²) in [5.41, 5.74) is 1.20. The van der Waals surface area contributed by atoms with Crippen molar-refractivity contribution in [1.29, 1.82) is 0 Å². The van der Waals surface area contributed by atoms with Gasteiger partial charge in [-0.2, -0.15) is 0 Å². The number of aromatic nitrogens is 2. The number of amides is 2. The second-order valence-electron chi connectivity index (χ2n) is 9.01. The summed E-state index contributed by atoms with van der Waals surface area (Å²) in [6, 6.07) is 15.2. The van der Waals surface area contributed by atoms with Crippen LogP contribution < -0.4 is 10.2 Å². The molecule has 0 aliphatic heterocycles. The molecule has 1 atom stereocenters. The lowest BCUT2D eigenvalue weighted by Crippen LogP contribution is -2.44. The predicted octanol–water partition coefficient (Wildman–Crippen LogP) is 4.18. The maximum absolute atomic E-state index is 13.7. The number of anilines is 1. The van der Waals surface area contributed by atoms with Gasteiger partial charge in [0.15, 0.2) is 12.1 Å². The van der Waals surface area contributed by atoms with Gasteiger partial charge in [-0.1, -0.05) is 30.3 Å². The van der Waals surface area contributed by atoms with Crippen molar-refractivity contribution < 1.29 is 23.5 Å². The first kappa shape index (κ1) is 25.7. The lowest BCUT2D eigenvalue weighted by atomic mass is 9.97. The summed E-state index contributed by atoms with van der Waals surface area (Å²) in [6.45, 7) is 3.54. The van der Waals surface area contributed by atoms with Crippen LogP contribution in [-0.2, 0) is 16.8 Å². The maximum Gasteiger partial charge on any atom is 0.281 e. The predicted molar refractivity (Wildman–Crippen MR) is 135 cm³/mol. The fourth-order valence-electron chi connectivity index (χ4n) is 3.93. The molecule has 9 heteroatoms. The molecule has 37 heavy (non-hydrogen) atoms. The van der Waals surface area contributed by atoms with Gasteiger partial charge in [0.05, 0.1) is 5.60 Å². The van der Waals surface area contributed by atoms with Crippen LogP contribution in [0, 0.1) is 5.82 Å². The van der Waals surface area contributed by atoms with E-state index in [-0.39, 0.29) is 18.1 Å². The third-order valence-electron chi connectivity index (χ3n) is 5.83. The average molecular weight is 503 g/mol. The fraction of sp³-hybridized carbons (Fsp3) is 0.214. The van der Waals surface area contributed by atoms with Gasteiger partial charge in [0.25, 0.3) is 5.91 Å². The molecule has 0 aliphatic rings. The zero-order valence-corrected chi connectivity index (χ0v) is 20.5. The number of carbonyl (C=O) groups is 2. The van der Waals surface area contributed by atoms with E-state index in [1.54, 1.807) is 68.6 Å². The van der Waals surface area contributed by atoms with Crippen molar-refractivity contribution in [2.24, 2.45) is 0 Å². The molecule has 8 nitrogen and oxygen atoms in total. The van der Waals surface area contributed by atoms with Crippen molar-refractivity contribution >= 4 is 17.5 Å². The molecule has 0 radical (unpaired) electrons. The quantitative estimate of drug-likeness (QED) is 0.355. The van der Waals surface area contributed by atoms with Crippen LogP contribution in [0.15, 0.2) is 90.1 Å². The minimum absolute atomic E-state index is 0.0213. The number of pyridine rings is 1. The zero-order valence-electron chi connectivity index (χ0n) is 20.5. The van der Waals surface area contributed by atoms with E-state index < -0.39 is 23.5 Å². The van der Waals surface area contributed by atoms with Gasteiger partial charge in [0.2, 0.25) is 5.91 Å². The van der Waals surface area contributed by atoms with Crippen LogP contribution in [0.25, 0.3) is 0 Å². The molecule has 4 aromatic rings. The van der Waals surface area contributed by atoms with Crippen molar-refractivity contribution in [3.8, 4) is 0 Å². The van der Waals surface area contributed by atoms with Crippen molar-refractivity contribution in [1.82, 2.24) is 15.3 Å². The Labute approximate surface area is 213 Å². The Hall–Kier alpha value is -4.37. The van der Waals surface area contributed by atoms with Crippen molar-refractivity contribution in [3.05, 3.63) is 114 Å². The normalized spacial score (nSPS) is 12.1. The van der Waals surface area contributed by atoms with Gasteiger partial charge in [-0.3, -0.25) is 19.5 Å². The summed E-state index contributed by atoms with van der Waals surface area (Å²) < 4.78 is 18.6. The lowest BCUT2D eigenvalue weighted by Gasteiger charge is -2.31. The average Bonchev–Trinajstić information content (AvgIpc) is 3.42. The van der Waals surface area contributed by atoms with Crippen LogP contribution in [-0.4, -0.2) is 33.4 Å². The highest BCUT2D eigenvalue weighted by Crippen LogP contribution is 2.31. The number of oxazole rings is 1. The van der Waals surface area contributed by atoms with Gasteiger partial charge < -0.3 is 14.8 Å². The summed E-state index contributed by atoms with van der Waals surface area (Å²) in [4.78, 5) is 36.7. The molecule has 190 valence electrons. The third kappa shape index (κ3) is 6.25. The largest absolute Gasteiger partial charge is 0.451 e.